The molecule has 0 aromatic heterocycles. The number of carbonyl (C=O) groups is 1. The summed E-state index contributed by atoms with van der Waals surface area (Å²) in [6, 6.07) is 0.342. The fourth-order valence-electron chi connectivity index (χ4n) is 2.57. The van der Waals surface area contributed by atoms with Gasteiger partial charge in [-0.05, 0) is 25.7 Å². The number of hydrogen-bond acceptors (Lipinski definition) is 3. The molecule has 0 bridgehead atoms. The first-order valence-electron chi connectivity index (χ1n) is 6.55. The van der Waals surface area contributed by atoms with Gasteiger partial charge in [-0.2, -0.15) is 0 Å². The predicted molar refractivity (Wildman–Crippen MR) is 65.7 cm³/mol. The molecule has 2 unspecified atom stereocenters. The third kappa shape index (κ3) is 3.10. The number of urea groups is 1. The quantitative estimate of drug-likeness (QED) is 0.727. The molecule has 2 N–H and O–H groups in total. The molecule has 2 saturated heterocycles. The second-order valence-electron chi connectivity index (χ2n) is 5.09. The van der Waals surface area contributed by atoms with E-state index in [1.807, 2.05) is 16.7 Å². The van der Waals surface area contributed by atoms with Crippen LogP contribution >= 0.6 is 0 Å². The molecule has 0 radical (unpaired) electrons. The molecule has 2 atom stereocenters. The van der Waals surface area contributed by atoms with Gasteiger partial charge in [0.25, 0.3) is 0 Å². The minimum absolute atomic E-state index is 0.165. The zero-order chi connectivity index (χ0) is 12.3. The molecule has 0 aromatic carbocycles. The molecule has 2 aliphatic rings. The summed E-state index contributed by atoms with van der Waals surface area (Å²) in [6.45, 7) is 6.49. The minimum Gasteiger partial charge on any atom is -0.378 e. The molecular formula is C12H23N3O2. The van der Waals surface area contributed by atoms with Crippen molar-refractivity contribution in [3.8, 4) is 0 Å². The van der Waals surface area contributed by atoms with Gasteiger partial charge in [0.15, 0.2) is 0 Å². The molecule has 5 nitrogen and oxygen atoms in total. The van der Waals surface area contributed by atoms with Crippen LogP contribution in [0.4, 0.5) is 4.79 Å². The van der Waals surface area contributed by atoms with Crippen LogP contribution in [0.3, 0.4) is 0 Å². The van der Waals surface area contributed by atoms with Gasteiger partial charge in [-0.1, -0.05) is 0 Å². The van der Waals surface area contributed by atoms with Crippen molar-refractivity contribution in [2.45, 2.75) is 25.8 Å². The highest BCUT2D eigenvalue weighted by molar-refractivity contribution is 5.74. The van der Waals surface area contributed by atoms with Crippen LogP contribution < -0.4 is 5.73 Å². The van der Waals surface area contributed by atoms with Gasteiger partial charge in [-0.25, -0.2) is 4.79 Å². The van der Waals surface area contributed by atoms with E-state index in [4.69, 9.17) is 10.5 Å². The normalized spacial score (nSPS) is 28.0. The van der Waals surface area contributed by atoms with Crippen LogP contribution in [0.25, 0.3) is 0 Å². The first kappa shape index (κ1) is 12.6. The van der Waals surface area contributed by atoms with Crippen molar-refractivity contribution in [2.75, 3.05) is 39.4 Å². The zero-order valence-electron chi connectivity index (χ0n) is 10.6. The van der Waals surface area contributed by atoms with Gasteiger partial charge >= 0.3 is 6.03 Å². The number of likely N-dealkylation sites (tertiary alicyclic amines) is 1. The fourth-order valence-corrected chi connectivity index (χ4v) is 2.57. The van der Waals surface area contributed by atoms with Crippen LogP contribution in [0.5, 0.6) is 0 Å². The van der Waals surface area contributed by atoms with Crippen LogP contribution in [0.15, 0.2) is 0 Å². The number of nitrogens with zero attached hydrogens (tertiary/aromatic N) is 2. The number of carbonyl (C=O) groups excluding carboxylic acids is 1. The molecule has 0 spiro atoms. The lowest BCUT2D eigenvalue weighted by Gasteiger charge is -2.38. The van der Waals surface area contributed by atoms with Crippen molar-refractivity contribution in [1.82, 2.24) is 9.80 Å². The van der Waals surface area contributed by atoms with Crippen molar-refractivity contribution in [3.63, 3.8) is 0 Å². The van der Waals surface area contributed by atoms with E-state index < -0.39 is 0 Å². The van der Waals surface area contributed by atoms with Crippen molar-refractivity contribution in [1.29, 1.82) is 0 Å². The highest BCUT2D eigenvalue weighted by Crippen LogP contribution is 2.20. The largest absolute Gasteiger partial charge is 0.378 e. The lowest BCUT2D eigenvalue weighted by molar-refractivity contribution is 0.0386. The maximum Gasteiger partial charge on any atom is 0.320 e. The highest BCUT2D eigenvalue weighted by Gasteiger charge is 2.29. The smallest absolute Gasteiger partial charge is 0.320 e. The highest BCUT2D eigenvalue weighted by atomic mass is 16.5. The van der Waals surface area contributed by atoms with E-state index >= 15 is 0 Å². The topological polar surface area (TPSA) is 58.8 Å². The van der Waals surface area contributed by atoms with E-state index in [-0.39, 0.29) is 12.1 Å². The van der Waals surface area contributed by atoms with Crippen LogP contribution in [-0.4, -0.2) is 61.3 Å². The summed E-state index contributed by atoms with van der Waals surface area (Å²) in [6.07, 6.45) is 2.22. The molecule has 2 amide bonds. The maximum absolute atomic E-state index is 12.3. The summed E-state index contributed by atoms with van der Waals surface area (Å²) in [7, 11) is 0. The van der Waals surface area contributed by atoms with Crippen molar-refractivity contribution >= 4 is 6.03 Å². The van der Waals surface area contributed by atoms with E-state index in [1.54, 1.807) is 0 Å². The average Bonchev–Trinajstić information content (AvgIpc) is 2.39. The summed E-state index contributed by atoms with van der Waals surface area (Å²) in [4.78, 5) is 16.1. The van der Waals surface area contributed by atoms with Crippen molar-refractivity contribution in [3.05, 3.63) is 0 Å². The first-order chi connectivity index (χ1) is 8.18. The maximum atomic E-state index is 12.3. The Morgan fingerprint density at radius 1 is 1.29 bits per heavy atom. The predicted octanol–water partition coefficient (Wildman–Crippen LogP) is 0.498. The number of piperidine rings is 1. The second kappa shape index (κ2) is 5.69. The standard InChI is InChI=1S/C12H23N3O2/c1-10(13)11-3-2-4-15(9-11)12(16)14-5-7-17-8-6-14/h10-11H,2-9,13H2,1H3. The van der Waals surface area contributed by atoms with E-state index in [2.05, 4.69) is 0 Å². The zero-order valence-corrected chi connectivity index (χ0v) is 10.6. The molecule has 0 aromatic rings. The average molecular weight is 241 g/mol. The number of ether oxygens (including phenoxy) is 1. The Balaban J connectivity index is 1.89. The van der Waals surface area contributed by atoms with E-state index in [0.717, 1.165) is 39.0 Å². The van der Waals surface area contributed by atoms with Gasteiger partial charge in [0.2, 0.25) is 0 Å². The van der Waals surface area contributed by atoms with Crippen LogP contribution in [0.2, 0.25) is 0 Å². The number of rotatable bonds is 1. The van der Waals surface area contributed by atoms with Gasteiger partial charge in [0.1, 0.15) is 0 Å². The van der Waals surface area contributed by atoms with E-state index in [1.165, 1.54) is 0 Å². The van der Waals surface area contributed by atoms with Crippen molar-refractivity contribution in [2.24, 2.45) is 11.7 Å². The lowest BCUT2D eigenvalue weighted by Crippen LogP contribution is -2.52. The molecule has 5 heteroatoms. The summed E-state index contributed by atoms with van der Waals surface area (Å²) in [5.74, 6) is 0.453. The summed E-state index contributed by atoms with van der Waals surface area (Å²) >= 11 is 0. The summed E-state index contributed by atoms with van der Waals surface area (Å²) in [5.41, 5.74) is 5.94. The molecule has 17 heavy (non-hydrogen) atoms. The molecule has 2 aliphatic heterocycles. The fraction of sp³-hybridized carbons (Fsp3) is 0.917. The van der Waals surface area contributed by atoms with Crippen LogP contribution in [0, 0.1) is 5.92 Å². The minimum atomic E-state index is 0.165. The van der Waals surface area contributed by atoms with Crippen LogP contribution in [-0.2, 0) is 4.74 Å². The van der Waals surface area contributed by atoms with Gasteiger partial charge in [-0.15, -0.1) is 0 Å². The third-order valence-corrected chi connectivity index (χ3v) is 3.75. The van der Waals surface area contributed by atoms with Gasteiger partial charge in [0.05, 0.1) is 13.2 Å². The molecule has 0 aliphatic carbocycles. The van der Waals surface area contributed by atoms with Gasteiger partial charge < -0.3 is 20.3 Å². The summed E-state index contributed by atoms with van der Waals surface area (Å²) in [5, 5.41) is 0. The molecule has 0 saturated carbocycles. The van der Waals surface area contributed by atoms with Crippen molar-refractivity contribution < 1.29 is 9.53 Å². The Morgan fingerprint density at radius 2 is 2.00 bits per heavy atom. The SMILES string of the molecule is CC(N)C1CCCN(C(=O)N2CCOCC2)C1. The Bertz CT molecular complexity index is 264. The number of nitrogens with two attached hydrogens (primary N) is 1. The van der Waals surface area contributed by atoms with E-state index in [0.29, 0.717) is 19.1 Å². The van der Waals surface area contributed by atoms with Crippen LogP contribution in [0.1, 0.15) is 19.8 Å². The second-order valence-corrected chi connectivity index (χ2v) is 5.09. The van der Waals surface area contributed by atoms with Gasteiger partial charge in [-0.3, -0.25) is 0 Å². The molecule has 98 valence electrons. The summed E-state index contributed by atoms with van der Waals surface area (Å²) < 4.78 is 5.26. The Hall–Kier alpha value is -0.810. The molecule has 2 heterocycles. The lowest BCUT2D eigenvalue weighted by atomic mass is 9.92. The number of hydrogen-bond donors (Lipinski definition) is 1. The Morgan fingerprint density at radius 3 is 2.65 bits per heavy atom. The van der Waals surface area contributed by atoms with Gasteiger partial charge in [0, 0.05) is 32.2 Å². The first-order valence-corrected chi connectivity index (χ1v) is 6.55. The molecular weight excluding hydrogens is 218 g/mol. The van der Waals surface area contributed by atoms with E-state index in [9.17, 15) is 4.79 Å². The Kier molecular flexibility index (Phi) is 4.23. The molecule has 2 rings (SSSR count). The molecule has 2 fully saturated rings. The monoisotopic (exact) mass is 241 g/mol. The number of morpholine rings is 1. The Labute approximate surface area is 103 Å². The third-order valence-electron chi connectivity index (χ3n) is 3.75. The number of amides is 2.